The van der Waals surface area contributed by atoms with Gasteiger partial charge in [-0.15, -0.1) is 0 Å². The van der Waals surface area contributed by atoms with E-state index < -0.39 is 12.0 Å². The predicted molar refractivity (Wildman–Crippen MR) is 149 cm³/mol. The van der Waals surface area contributed by atoms with Crippen molar-refractivity contribution in [1.29, 1.82) is 0 Å². The Kier molecular flexibility index (Phi) is 8.14. The number of nitrogens with one attached hydrogen (secondary N) is 1. The molecule has 5 rings (SSSR count). The van der Waals surface area contributed by atoms with Crippen molar-refractivity contribution in [3.8, 4) is 0 Å². The van der Waals surface area contributed by atoms with E-state index in [0.29, 0.717) is 43.2 Å². The number of carboxylic acids is 1. The van der Waals surface area contributed by atoms with Gasteiger partial charge in [0.2, 0.25) is 11.9 Å². The van der Waals surface area contributed by atoms with Crippen molar-refractivity contribution in [3.63, 3.8) is 0 Å². The zero-order valence-electron chi connectivity index (χ0n) is 22.7. The Hall–Kier alpha value is -3.88. The third-order valence-electron chi connectivity index (χ3n) is 7.73. The number of rotatable bonds is 8. The van der Waals surface area contributed by atoms with E-state index in [1.807, 2.05) is 24.0 Å². The summed E-state index contributed by atoms with van der Waals surface area (Å²) < 4.78 is 6.03. The molecule has 206 valence electrons. The summed E-state index contributed by atoms with van der Waals surface area (Å²) in [5, 5.41) is 12.4. The van der Waals surface area contributed by atoms with Crippen LogP contribution in [-0.2, 0) is 16.0 Å². The summed E-state index contributed by atoms with van der Waals surface area (Å²) >= 11 is 0. The van der Waals surface area contributed by atoms with Gasteiger partial charge in [-0.05, 0) is 75.3 Å². The molecule has 3 aromatic rings. The smallest absolute Gasteiger partial charge is 0.306 e. The standard InChI is InChI=1S/C30H37N5O4/c1-20-6-8-24(25(16-20)34-12-4-3-5-13-34)28(26-9-7-21(2)39-26)33-27(36)17-22-18-31-30(32-19-22)35-14-10-23(11-15-35)29(37)38/h6-9,16,18-19,23,28H,3-5,10-15,17H2,1-2H3,(H,33,36)(H,37,38). The number of benzene rings is 1. The first kappa shape index (κ1) is 26.7. The van der Waals surface area contributed by atoms with Gasteiger partial charge in [0.1, 0.15) is 17.6 Å². The maximum atomic E-state index is 13.3. The summed E-state index contributed by atoms with van der Waals surface area (Å²) in [6.45, 7) is 7.23. The molecule has 39 heavy (non-hydrogen) atoms. The van der Waals surface area contributed by atoms with Gasteiger partial charge >= 0.3 is 5.97 Å². The Morgan fingerprint density at radius 3 is 2.36 bits per heavy atom. The number of nitrogens with zero attached hydrogens (tertiary/aromatic N) is 4. The van der Waals surface area contributed by atoms with Crippen LogP contribution in [0.25, 0.3) is 0 Å². The Morgan fingerprint density at radius 1 is 1.00 bits per heavy atom. The van der Waals surface area contributed by atoms with Gasteiger partial charge in [-0.2, -0.15) is 0 Å². The van der Waals surface area contributed by atoms with Crippen molar-refractivity contribution in [1.82, 2.24) is 15.3 Å². The number of aryl methyl sites for hydroxylation is 2. The highest BCUT2D eigenvalue weighted by molar-refractivity contribution is 5.80. The van der Waals surface area contributed by atoms with Crippen LogP contribution in [-0.4, -0.2) is 53.1 Å². The second-order valence-electron chi connectivity index (χ2n) is 10.7. The van der Waals surface area contributed by atoms with E-state index in [2.05, 4.69) is 45.3 Å². The van der Waals surface area contributed by atoms with Crippen molar-refractivity contribution in [2.75, 3.05) is 36.0 Å². The van der Waals surface area contributed by atoms with E-state index in [0.717, 1.165) is 42.9 Å². The molecule has 1 unspecified atom stereocenters. The molecular weight excluding hydrogens is 494 g/mol. The van der Waals surface area contributed by atoms with Gasteiger partial charge in [-0.3, -0.25) is 9.59 Å². The first-order chi connectivity index (χ1) is 18.9. The molecule has 2 saturated heterocycles. The monoisotopic (exact) mass is 531 g/mol. The number of aliphatic carboxylic acids is 1. The van der Waals surface area contributed by atoms with Crippen molar-refractivity contribution < 1.29 is 19.1 Å². The van der Waals surface area contributed by atoms with E-state index >= 15 is 0 Å². The lowest BCUT2D eigenvalue weighted by Gasteiger charge is -2.33. The highest BCUT2D eigenvalue weighted by Gasteiger charge is 2.27. The number of carbonyl (C=O) groups excluding carboxylic acids is 1. The summed E-state index contributed by atoms with van der Waals surface area (Å²) in [5.41, 5.74) is 4.07. The van der Waals surface area contributed by atoms with Crippen LogP contribution in [0.1, 0.15) is 66.4 Å². The quantitative estimate of drug-likeness (QED) is 0.439. The lowest BCUT2D eigenvalue weighted by atomic mass is 9.97. The summed E-state index contributed by atoms with van der Waals surface area (Å²) in [5.74, 6) is 0.884. The molecule has 0 bridgehead atoms. The zero-order chi connectivity index (χ0) is 27.4. The van der Waals surface area contributed by atoms with E-state index in [1.165, 1.54) is 12.0 Å². The van der Waals surface area contributed by atoms with Gasteiger partial charge in [0.05, 0.1) is 12.3 Å². The Labute approximate surface area is 229 Å². The number of carbonyl (C=O) groups is 2. The molecule has 1 aromatic carbocycles. The maximum absolute atomic E-state index is 13.3. The van der Waals surface area contributed by atoms with Crippen molar-refractivity contribution >= 4 is 23.5 Å². The molecule has 2 aliphatic heterocycles. The summed E-state index contributed by atoms with van der Waals surface area (Å²) in [6, 6.07) is 9.85. The van der Waals surface area contributed by atoms with Gasteiger partial charge in [0, 0.05) is 49.8 Å². The average molecular weight is 532 g/mol. The second kappa shape index (κ2) is 11.9. The molecule has 2 fully saturated rings. The topological polar surface area (TPSA) is 112 Å². The summed E-state index contributed by atoms with van der Waals surface area (Å²) in [7, 11) is 0. The molecule has 1 atom stereocenters. The number of carboxylic acid groups (broad SMARTS) is 1. The van der Waals surface area contributed by atoms with Crippen molar-refractivity contribution in [2.45, 2.75) is 58.4 Å². The molecule has 9 nitrogen and oxygen atoms in total. The van der Waals surface area contributed by atoms with E-state index in [-0.39, 0.29) is 18.2 Å². The van der Waals surface area contributed by atoms with Crippen LogP contribution in [0, 0.1) is 19.8 Å². The Morgan fingerprint density at radius 2 is 1.72 bits per heavy atom. The molecule has 2 N–H and O–H groups in total. The van der Waals surface area contributed by atoms with Gasteiger partial charge in [0.25, 0.3) is 0 Å². The molecule has 0 spiro atoms. The highest BCUT2D eigenvalue weighted by Crippen LogP contribution is 2.34. The van der Waals surface area contributed by atoms with E-state index in [4.69, 9.17) is 4.42 Å². The SMILES string of the molecule is Cc1ccc(C(NC(=O)Cc2cnc(N3CCC(C(=O)O)CC3)nc2)c2ccc(C)o2)c(N2CCCCC2)c1. The molecular formula is C30H37N5O4. The van der Waals surface area contributed by atoms with Crippen molar-refractivity contribution in [2.24, 2.45) is 5.92 Å². The van der Waals surface area contributed by atoms with Gasteiger partial charge in [-0.1, -0.05) is 12.1 Å². The second-order valence-corrected chi connectivity index (χ2v) is 10.7. The molecule has 0 radical (unpaired) electrons. The minimum absolute atomic E-state index is 0.141. The van der Waals surface area contributed by atoms with Crippen LogP contribution in [0.5, 0.6) is 0 Å². The molecule has 9 heteroatoms. The third-order valence-corrected chi connectivity index (χ3v) is 7.73. The van der Waals surface area contributed by atoms with Gasteiger partial charge in [-0.25, -0.2) is 9.97 Å². The van der Waals surface area contributed by atoms with Crippen LogP contribution >= 0.6 is 0 Å². The Bertz CT molecular complexity index is 1290. The van der Waals surface area contributed by atoms with Gasteiger partial charge in [0.15, 0.2) is 0 Å². The van der Waals surface area contributed by atoms with Crippen LogP contribution in [0.3, 0.4) is 0 Å². The largest absolute Gasteiger partial charge is 0.481 e. The minimum atomic E-state index is -0.742. The number of hydrogen-bond donors (Lipinski definition) is 2. The lowest BCUT2D eigenvalue weighted by Crippen LogP contribution is -2.37. The van der Waals surface area contributed by atoms with Crippen molar-refractivity contribution in [3.05, 3.63) is 70.9 Å². The fourth-order valence-corrected chi connectivity index (χ4v) is 5.54. The highest BCUT2D eigenvalue weighted by atomic mass is 16.4. The third kappa shape index (κ3) is 6.41. The molecule has 2 aromatic heterocycles. The first-order valence-electron chi connectivity index (χ1n) is 13.9. The normalized spacial score (nSPS) is 17.2. The number of piperidine rings is 2. The van der Waals surface area contributed by atoms with Crippen LogP contribution < -0.4 is 15.1 Å². The number of furan rings is 1. The predicted octanol–water partition coefficient (Wildman–Crippen LogP) is 4.43. The van der Waals surface area contributed by atoms with E-state index in [9.17, 15) is 14.7 Å². The molecule has 1 amide bonds. The average Bonchev–Trinajstić information content (AvgIpc) is 3.38. The number of hydrogen-bond acceptors (Lipinski definition) is 7. The lowest BCUT2D eigenvalue weighted by molar-refractivity contribution is -0.142. The van der Waals surface area contributed by atoms with Crippen LogP contribution in [0.2, 0.25) is 0 Å². The van der Waals surface area contributed by atoms with E-state index in [1.54, 1.807) is 12.4 Å². The maximum Gasteiger partial charge on any atom is 0.306 e. The van der Waals surface area contributed by atoms with Crippen LogP contribution in [0.4, 0.5) is 11.6 Å². The molecule has 0 saturated carbocycles. The first-order valence-corrected chi connectivity index (χ1v) is 13.9. The molecule has 4 heterocycles. The fraction of sp³-hybridized carbons (Fsp3) is 0.467. The fourth-order valence-electron chi connectivity index (χ4n) is 5.54. The van der Waals surface area contributed by atoms with Gasteiger partial charge < -0.3 is 24.6 Å². The molecule has 2 aliphatic rings. The minimum Gasteiger partial charge on any atom is -0.481 e. The number of anilines is 2. The zero-order valence-corrected chi connectivity index (χ0v) is 22.7. The Balaban J connectivity index is 1.31. The molecule has 0 aliphatic carbocycles. The number of amides is 1. The summed E-state index contributed by atoms with van der Waals surface area (Å²) in [6.07, 6.45) is 8.24. The summed E-state index contributed by atoms with van der Waals surface area (Å²) in [4.78, 5) is 37.9. The number of aromatic nitrogens is 2. The van der Waals surface area contributed by atoms with Crippen LogP contribution in [0.15, 0.2) is 47.1 Å².